The molecule has 0 aromatic heterocycles. The maximum atomic E-state index is 12.4. The van der Waals surface area contributed by atoms with E-state index >= 15 is 0 Å². The summed E-state index contributed by atoms with van der Waals surface area (Å²) in [5.41, 5.74) is 4.50. The highest BCUT2D eigenvalue weighted by Gasteiger charge is 2.30. The molecule has 102 valence electrons. The standard InChI is InChI=1S/C11H14F3NO2S/c12-11(13,14)10-4-1-3-9(7-10)8-18(16,17)6-2-5-15/h1,3-4,7H,2,5-6,8,15H2. The van der Waals surface area contributed by atoms with E-state index in [1.165, 1.54) is 12.1 Å². The first-order valence-electron chi connectivity index (χ1n) is 5.31. The van der Waals surface area contributed by atoms with Crippen LogP contribution in [0.15, 0.2) is 24.3 Å². The first-order chi connectivity index (χ1) is 8.24. The number of nitrogens with two attached hydrogens (primary N) is 1. The van der Waals surface area contributed by atoms with Gasteiger partial charge in [-0.05, 0) is 24.6 Å². The molecule has 0 saturated heterocycles. The SMILES string of the molecule is NCCCS(=O)(=O)Cc1cccc(C(F)(F)F)c1. The van der Waals surface area contributed by atoms with Crippen molar-refractivity contribution in [3.8, 4) is 0 Å². The molecule has 0 unspecified atom stereocenters. The van der Waals surface area contributed by atoms with Gasteiger partial charge in [0.2, 0.25) is 0 Å². The Bertz CT molecular complexity index is 497. The van der Waals surface area contributed by atoms with E-state index in [9.17, 15) is 21.6 Å². The second-order valence-electron chi connectivity index (χ2n) is 3.93. The van der Waals surface area contributed by atoms with Gasteiger partial charge < -0.3 is 5.73 Å². The second kappa shape index (κ2) is 5.71. The summed E-state index contributed by atoms with van der Waals surface area (Å²) in [6, 6.07) is 4.35. The number of hydrogen-bond donors (Lipinski definition) is 1. The third kappa shape index (κ3) is 4.66. The Hall–Kier alpha value is -1.08. The number of hydrogen-bond acceptors (Lipinski definition) is 3. The van der Waals surface area contributed by atoms with Crippen LogP contribution in [-0.4, -0.2) is 20.7 Å². The zero-order valence-corrected chi connectivity index (χ0v) is 10.4. The Morgan fingerprint density at radius 2 is 1.89 bits per heavy atom. The largest absolute Gasteiger partial charge is 0.416 e. The molecule has 0 spiro atoms. The highest BCUT2D eigenvalue weighted by molar-refractivity contribution is 7.90. The quantitative estimate of drug-likeness (QED) is 0.897. The Morgan fingerprint density at radius 1 is 1.22 bits per heavy atom. The van der Waals surface area contributed by atoms with E-state index < -0.39 is 27.3 Å². The van der Waals surface area contributed by atoms with Crippen LogP contribution in [0.1, 0.15) is 17.5 Å². The molecule has 18 heavy (non-hydrogen) atoms. The molecule has 7 heteroatoms. The van der Waals surface area contributed by atoms with Crippen LogP contribution in [0, 0.1) is 0 Å². The lowest BCUT2D eigenvalue weighted by atomic mass is 10.1. The summed E-state index contributed by atoms with van der Waals surface area (Å²) in [7, 11) is -3.41. The van der Waals surface area contributed by atoms with Crippen molar-refractivity contribution in [1.82, 2.24) is 0 Å². The third-order valence-corrected chi connectivity index (χ3v) is 3.98. The monoisotopic (exact) mass is 281 g/mol. The van der Waals surface area contributed by atoms with Crippen molar-refractivity contribution < 1.29 is 21.6 Å². The van der Waals surface area contributed by atoms with Gasteiger partial charge in [-0.1, -0.05) is 18.2 Å². The maximum absolute atomic E-state index is 12.4. The van der Waals surface area contributed by atoms with E-state index in [1.807, 2.05) is 0 Å². The first kappa shape index (κ1) is 15.0. The average molecular weight is 281 g/mol. The van der Waals surface area contributed by atoms with Crippen LogP contribution in [0.25, 0.3) is 0 Å². The summed E-state index contributed by atoms with van der Waals surface area (Å²) in [6.07, 6.45) is -4.15. The molecule has 0 bridgehead atoms. The van der Waals surface area contributed by atoms with E-state index in [-0.39, 0.29) is 17.9 Å². The first-order valence-corrected chi connectivity index (χ1v) is 7.13. The minimum absolute atomic E-state index is 0.111. The van der Waals surface area contributed by atoms with Gasteiger partial charge in [0.1, 0.15) is 0 Å². The Kier molecular flexibility index (Phi) is 4.75. The Labute approximate surface area is 104 Å². The Morgan fingerprint density at radius 3 is 2.44 bits per heavy atom. The van der Waals surface area contributed by atoms with Crippen LogP contribution in [0.5, 0.6) is 0 Å². The normalized spacial score (nSPS) is 12.7. The van der Waals surface area contributed by atoms with Crippen molar-refractivity contribution >= 4 is 9.84 Å². The molecule has 3 nitrogen and oxygen atoms in total. The van der Waals surface area contributed by atoms with Gasteiger partial charge in [-0.3, -0.25) is 0 Å². The molecule has 0 aliphatic carbocycles. The lowest BCUT2D eigenvalue weighted by Gasteiger charge is -2.09. The maximum Gasteiger partial charge on any atom is 0.416 e. The van der Waals surface area contributed by atoms with Gasteiger partial charge in [0, 0.05) is 0 Å². The molecule has 0 radical (unpaired) electrons. The van der Waals surface area contributed by atoms with Gasteiger partial charge >= 0.3 is 6.18 Å². The van der Waals surface area contributed by atoms with E-state index in [0.717, 1.165) is 12.1 Å². The van der Waals surface area contributed by atoms with Crippen LogP contribution in [0.2, 0.25) is 0 Å². The third-order valence-electron chi connectivity index (χ3n) is 2.30. The van der Waals surface area contributed by atoms with Crippen molar-refractivity contribution in [3.05, 3.63) is 35.4 Å². The van der Waals surface area contributed by atoms with Crippen molar-refractivity contribution in [3.63, 3.8) is 0 Å². The smallest absolute Gasteiger partial charge is 0.330 e. The van der Waals surface area contributed by atoms with Gasteiger partial charge in [-0.2, -0.15) is 13.2 Å². The fourth-order valence-electron chi connectivity index (χ4n) is 1.47. The van der Waals surface area contributed by atoms with Crippen molar-refractivity contribution in [2.24, 2.45) is 5.73 Å². The Balaban J connectivity index is 2.86. The number of alkyl halides is 3. The predicted molar refractivity (Wildman–Crippen MR) is 62.6 cm³/mol. The fourth-order valence-corrected chi connectivity index (χ4v) is 2.91. The van der Waals surface area contributed by atoms with Crippen LogP contribution in [-0.2, 0) is 21.8 Å². The second-order valence-corrected chi connectivity index (χ2v) is 6.12. The van der Waals surface area contributed by atoms with Crippen molar-refractivity contribution in [2.75, 3.05) is 12.3 Å². The minimum Gasteiger partial charge on any atom is -0.330 e. The van der Waals surface area contributed by atoms with Gasteiger partial charge in [-0.15, -0.1) is 0 Å². The number of sulfone groups is 1. The lowest BCUT2D eigenvalue weighted by Crippen LogP contribution is -2.14. The molecule has 0 heterocycles. The van der Waals surface area contributed by atoms with Gasteiger partial charge in [0.25, 0.3) is 0 Å². The predicted octanol–water partition coefficient (Wildman–Crippen LogP) is 1.97. The molecule has 2 N–H and O–H groups in total. The molecule has 0 atom stereocenters. The summed E-state index contributed by atoms with van der Waals surface area (Å²) in [5, 5.41) is 0. The number of rotatable bonds is 5. The van der Waals surface area contributed by atoms with Crippen LogP contribution in [0.4, 0.5) is 13.2 Å². The zero-order chi connectivity index (χ0) is 13.8. The molecule has 1 aromatic rings. The molecular weight excluding hydrogens is 267 g/mol. The van der Waals surface area contributed by atoms with Gasteiger partial charge in [0.15, 0.2) is 9.84 Å². The van der Waals surface area contributed by atoms with Crippen LogP contribution >= 0.6 is 0 Å². The summed E-state index contributed by atoms with van der Waals surface area (Å²) in [4.78, 5) is 0. The molecule has 0 amide bonds. The molecular formula is C11H14F3NO2S. The van der Waals surface area contributed by atoms with Gasteiger partial charge in [0.05, 0.1) is 17.1 Å². The topological polar surface area (TPSA) is 60.2 Å². The number of halogens is 3. The molecule has 0 aliphatic rings. The zero-order valence-electron chi connectivity index (χ0n) is 9.57. The molecule has 1 rings (SSSR count). The summed E-state index contributed by atoms with van der Waals surface area (Å²) in [5.74, 6) is -0.503. The van der Waals surface area contributed by atoms with E-state index in [0.29, 0.717) is 6.42 Å². The van der Waals surface area contributed by atoms with Crippen LogP contribution in [0.3, 0.4) is 0 Å². The molecule has 1 aromatic carbocycles. The minimum atomic E-state index is -4.46. The molecule has 0 aliphatic heterocycles. The summed E-state index contributed by atoms with van der Waals surface area (Å²) >= 11 is 0. The summed E-state index contributed by atoms with van der Waals surface area (Å²) in [6.45, 7) is 0.238. The average Bonchev–Trinajstić information content (AvgIpc) is 2.25. The lowest BCUT2D eigenvalue weighted by molar-refractivity contribution is -0.137. The highest BCUT2D eigenvalue weighted by Crippen LogP contribution is 2.29. The molecule has 0 fully saturated rings. The summed E-state index contributed by atoms with van der Waals surface area (Å²) < 4.78 is 60.5. The van der Waals surface area contributed by atoms with Crippen molar-refractivity contribution in [1.29, 1.82) is 0 Å². The molecule has 0 saturated carbocycles. The highest BCUT2D eigenvalue weighted by atomic mass is 32.2. The van der Waals surface area contributed by atoms with Gasteiger partial charge in [-0.25, -0.2) is 8.42 Å². The number of benzene rings is 1. The van der Waals surface area contributed by atoms with E-state index in [4.69, 9.17) is 5.73 Å². The van der Waals surface area contributed by atoms with Crippen molar-refractivity contribution in [2.45, 2.75) is 18.3 Å². The fraction of sp³-hybridized carbons (Fsp3) is 0.455. The van der Waals surface area contributed by atoms with E-state index in [2.05, 4.69) is 0 Å². The van der Waals surface area contributed by atoms with E-state index in [1.54, 1.807) is 0 Å². The van der Waals surface area contributed by atoms with Crippen LogP contribution < -0.4 is 5.73 Å².